The van der Waals surface area contributed by atoms with Crippen LogP contribution in [0.5, 0.6) is 0 Å². The molecular weight excluding hydrogens is 1350 g/mol. The number of nitrogens with one attached hydrogen (secondary N) is 1. The molecule has 0 fully saturated rings. The first-order valence-corrected chi connectivity index (χ1v) is 39.3. The average molecular weight is 1430 g/mol. The van der Waals surface area contributed by atoms with Crippen LogP contribution >= 0.6 is 22.6 Å². The van der Waals surface area contributed by atoms with Gasteiger partial charge < -0.3 is 53.6 Å². The first kappa shape index (κ1) is 70.5. The number of aromatic nitrogens is 11. The third-order valence-corrected chi connectivity index (χ3v) is 19.8. The second-order valence-corrected chi connectivity index (χ2v) is 38.5. The van der Waals surface area contributed by atoms with Gasteiger partial charge in [-0.1, -0.05) is 51.4 Å². The van der Waals surface area contributed by atoms with Crippen LogP contribution in [-0.4, -0.2) is 173 Å². The molecule has 0 radical (unpaired) electrons. The summed E-state index contributed by atoms with van der Waals surface area (Å²) < 4.78 is 17.1. The quantitative estimate of drug-likeness (QED) is 0.0296. The summed E-state index contributed by atoms with van der Waals surface area (Å²) in [5, 5.41) is 34.1. The monoisotopic (exact) mass is 1430 g/mol. The maximum atomic E-state index is 12.3. The number of amides is 3. The summed E-state index contributed by atoms with van der Waals surface area (Å²) in [7, 11) is 7.37. The van der Waals surface area contributed by atoms with E-state index in [4.69, 9.17) is 14.5 Å². The molecule has 0 saturated carbocycles. The molecule has 4 N–H and O–H groups in total. The molecule has 25 heteroatoms. The van der Waals surface area contributed by atoms with Crippen molar-refractivity contribution in [1.29, 1.82) is 0 Å². The summed E-state index contributed by atoms with van der Waals surface area (Å²) in [6, 6.07) is 21.5. The molecule has 11 rings (SSSR count). The predicted molar refractivity (Wildman–Crippen MR) is 384 cm³/mol. The Morgan fingerprint density at radius 2 is 0.863 bits per heavy atom. The molecule has 3 unspecified atom stereocenters. The summed E-state index contributed by atoms with van der Waals surface area (Å²) in [5.41, 5.74) is 12.7. The SMILES string of the molecule is CN(C)C(=O)C(O)c1cncc(-c2cnc3[nH]cc(-c4cccnc4)c3c2)c1.CN(C)C(=O)C(O)c1cncc(-c2cnc3c(c2)c(-c2cccnc2)cn3COCC[Si](C)(C)C)c1.CN(C)C(=O)C(O)c1cncc(-c2cnc3c(c2)c(I)cn3COCC[Si](C)(C)C)c1. The van der Waals surface area contributed by atoms with Crippen LogP contribution < -0.4 is 0 Å². The van der Waals surface area contributed by atoms with Gasteiger partial charge in [0.1, 0.15) is 30.4 Å². The van der Waals surface area contributed by atoms with Crippen LogP contribution in [0.2, 0.25) is 51.4 Å². The van der Waals surface area contributed by atoms with E-state index in [0.29, 0.717) is 30.2 Å². The largest absolute Gasteiger partial charge is 0.378 e. The molecule has 0 spiro atoms. The highest BCUT2D eigenvalue weighted by atomic mass is 127. The zero-order chi connectivity index (χ0) is 68.3. The summed E-state index contributed by atoms with van der Waals surface area (Å²) in [6.45, 7) is 16.4. The Morgan fingerprint density at radius 1 is 0.484 bits per heavy atom. The average Bonchev–Trinajstić information content (AvgIpc) is 1.68. The van der Waals surface area contributed by atoms with Crippen LogP contribution in [0.1, 0.15) is 35.0 Å². The van der Waals surface area contributed by atoms with Crippen molar-refractivity contribution in [3.05, 3.63) is 180 Å². The number of hydrogen-bond donors (Lipinski definition) is 4. The van der Waals surface area contributed by atoms with Gasteiger partial charge in [0.2, 0.25) is 0 Å². The maximum Gasteiger partial charge on any atom is 0.255 e. The highest BCUT2D eigenvalue weighted by Crippen LogP contribution is 2.35. The minimum absolute atomic E-state index is 0.381. The molecule has 22 nitrogen and oxygen atoms in total. The van der Waals surface area contributed by atoms with Gasteiger partial charge in [-0.2, -0.15) is 0 Å². The van der Waals surface area contributed by atoms with E-state index in [2.05, 4.69) is 120 Å². The van der Waals surface area contributed by atoms with Gasteiger partial charge in [-0.05, 0) is 83.2 Å². The first-order chi connectivity index (χ1) is 45.2. The minimum atomic E-state index is -1.27. The van der Waals surface area contributed by atoms with Crippen molar-refractivity contribution in [1.82, 2.24) is 68.7 Å². The molecule has 0 aliphatic carbocycles. The molecular formula is C70H81IN14O8Si2. The van der Waals surface area contributed by atoms with Crippen LogP contribution in [0.4, 0.5) is 0 Å². The van der Waals surface area contributed by atoms with Crippen molar-refractivity contribution in [3.8, 4) is 55.6 Å². The number of aliphatic hydroxyl groups excluding tert-OH is 3. The highest BCUT2D eigenvalue weighted by Gasteiger charge is 2.24. The van der Waals surface area contributed by atoms with Gasteiger partial charge in [-0.25, -0.2) is 15.0 Å². The molecule has 0 saturated heterocycles. The fraction of sp³-hybridized carbons (Fsp3) is 0.300. The Morgan fingerprint density at radius 3 is 1.28 bits per heavy atom. The van der Waals surface area contributed by atoms with Gasteiger partial charge in [0, 0.05) is 263 Å². The molecule has 11 heterocycles. The topological polar surface area (TPSA) is 269 Å². The molecule has 95 heavy (non-hydrogen) atoms. The summed E-state index contributed by atoms with van der Waals surface area (Å²) in [6.07, 6.45) is 24.3. The number of nitrogens with zero attached hydrogens (tertiary/aromatic N) is 13. The van der Waals surface area contributed by atoms with Crippen LogP contribution in [0.25, 0.3) is 88.7 Å². The van der Waals surface area contributed by atoms with Crippen molar-refractivity contribution in [2.75, 3.05) is 55.5 Å². The highest BCUT2D eigenvalue weighted by molar-refractivity contribution is 14.1. The second kappa shape index (κ2) is 31.2. The molecule has 11 aromatic rings. The van der Waals surface area contributed by atoms with E-state index in [1.165, 1.54) is 33.3 Å². The van der Waals surface area contributed by atoms with Crippen molar-refractivity contribution in [3.63, 3.8) is 0 Å². The number of fused-ring (bicyclic) bond motifs is 3. The zero-order valence-electron chi connectivity index (χ0n) is 55.6. The molecule has 3 amide bonds. The van der Waals surface area contributed by atoms with E-state index >= 15 is 0 Å². The number of ether oxygens (including phenoxy) is 2. The van der Waals surface area contributed by atoms with E-state index in [1.807, 2.05) is 58.1 Å². The van der Waals surface area contributed by atoms with Gasteiger partial charge in [-0.15, -0.1) is 0 Å². The van der Waals surface area contributed by atoms with Crippen LogP contribution in [0.15, 0.2) is 160 Å². The normalized spacial score (nSPS) is 12.5. The number of carbonyl (C=O) groups excluding carboxylic acids is 3. The fourth-order valence-electron chi connectivity index (χ4n) is 10.0. The van der Waals surface area contributed by atoms with Crippen molar-refractivity contribution < 1.29 is 39.2 Å². The van der Waals surface area contributed by atoms with Crippen LogP contribution in [-0.2, 0) is 37.3 Å². The van der Waals surface area contributed by atoms with Crippen molar-refractivity contribution in [2.24, 2.45) is 0 Å². The summed E-state index contributed by atoms with van der Waals surface area (Å²) >= 11 is 2.31. The number of aromatic amines is 1. The molecule has 0 aliphatic heterocycles. The molecule has 0 bridgehead atoms. The number of hydrogen-bond acceptors (Lipinski definition) is 16. The van der Waals surface area contributed by atoms with Gasteiger partial charge in [-0.3, -0.25) is 39.3 Å². The predicted octanol–water partition coefficient (Wildman–Crippen LogP) is 11.5. The molecule has 0 aromatic carbocycles. The zero-order valence-corrected chi connectivity index (χ0v) is 59.7. The third kappa shape index (κ3) is 18.0. The number of pyridine rings is 8. The number of halogens is 1. The summed E-state index contributed by atoms with van der Waals surface area (Å²) in [5.74, 6) is -1.17. The Bertz CT molecular complexity index is 4460. The number of aliphatic hydroxyl groups is 3. The van der Waals surface area contributed by atoms with E-state index in [9.17, 15) is 29.7 Å². The number of H-pyrrole nitrogens is 1. The Labute approximate surface area is 568 Å². The Balaban J connectivity index is 0.000000169. The lowest BCUT2D eigenvalue weighted by atomic mass is 10.0. The molecule has 0 aliphatic rings. The number of likely N-dealkylation sites (N-methyl/N-ethyl adjacent to an activating group) is 3. The lowest BCUT2D eigenvalue weighted by molar-refractivity contribution is -0.138. The van der Waals surface area contributed by atoms with E-state index in [1.54, 1.807) is 116 Å². The number of carbonyl (C=O) groups is 3. The van der Waals surface area contributed by atoms with E-state index in [-0.39, 0.29) is 5.91 Å². The van der Waals surface area contributed by atoms with Gasteiger partial charge >= 0.3 is 0 Å². The van der Waals surface area contributed by atoms with Crippen molar-refractivity contribution >= 4 is 89.6 Å². The van der Waals surface area contributed by atoms with Gasteiger partial charge in [0.25, 0.3) is 17.7 Å². The molecule has 3 atom stereocenters. The second-order valence-electron chi connectivity index (χ2n) is 26.1. The van der Waals surface area contributed by atoms with E-state index in [0.717, 1.165) is 118 Å². The van der Waals surface area contributed by atoms with Gasteiger partial charge in [0.15, 0.2) is 18.3 Å². The molecule has 11 aromatic heterocycles. The lowest BCUT2D eigenvalue weighted by Crippen LogP contribution is -2.28. The van der Waals surface area contributed by atoms with Gasteiger partial charge in [0.05, 0.1) is 0 Å². The molecule has 494 valence electrons. The Kier molecular flexibility index (Phi) is 23.1. The smallest absolute Gasteiger partial charge is 0.255 e. The third-order valence-electron chi connectivity index (χ3n) is 15.6. The Hall–Kier alpha value is -8.81. The minimum Gasteiger partial charge on any atom is -0.378 e. The van der Waals surface area contributed by atoms with Crippen LogP contribution in [0, 0.1) is 3.57 Å². The fourth-order valence-corrected chi connectivity index (χ4v) is 12.3. The number of rotatable bonds is 21. The van der Waals surface area contributed by atoms with E-state index < -0.39 is 46.3 Å². The van der Waals surface area contributed by atoms with Crippen molar-refractivity contribution in [2.45, 2.75) is 83.1 Å². The first-order valence-electron chi connectivity index (χ1n) is 30.9. The maximum absolute atomic E-state index is 12.3. The van der Waals surface area contributed by atoms with Crippen LogP contribution in [0.3, 0.4) is 0 Å². The summed E-state index contributed by atoms with van der Waals surface area (Å²) in [4.78, 5) is 78.8. The standard InChI is InChI=1S/C27H33N5O3Si.C22H29IN4O3Si.C21H19N5O2/c1-31(2)27(34)25(33)22-11-20(14-29-15-22)21-12-23-24(19-7-6-8-28-13-19)17-32(26(23)30-16-21)18-35-9-10-36(3,4)5;1-26(2)22(29)20(28)17-8-15(10-24-11-17)16-9-18-19(23)13-27(21(18)25-12-16)14-30-6-7-31(3,4)5;1-26(2)21(28)19(27)16-6-14(9-23-10-16)15-7-17-18(12-25-20(17)24-11-15)13-4-3-5-22-8-13/h6-8,11-17,25,33H,9-10,18H2,1-5H3;8-13,20,28H,6-7,14H2,1-5H3;3-12,19,27H,1-2H3,(H,24,25). The lowest BCUT2D eigenvalue weighted by Gasteiger charge is -2.16.